The van der Waals surface area contributed by atoms with E-state index in [9.17, 15) is 27.2 Å². The molecule has 1 aliphatic carbocycles. The average molecular weight is 478 g/mol. The van der Waals surface area contributed by atoms with E-state index in [1.54, 1.807) is 0 Å². The van der Waals surface area contributed by atoms with E-state index in [-0.39, 0.29) is 18.2 Å². The predicted octanol–water partition coefficient (Wildman–Crippen LogP) is 4.10. The first kappa shape index (κ1) is 24.2. The molecule has 0 atom stereocenters. The van der Waals surface area contributed by atoms with E-state index in [0.717, 1.165) is 44.8 Å². The van der Waals surface area contributed by atoms with Gasteiger partial charge in [0.2, 0.25) is 5.91 Å². The van der Waals surface area contributed by atoms with Gasteiger partial charge in [0.15, 0.2) is 0 Å². The van der Waals surface area contributed by atoms with Crippen molar-refractivity contribution in [2.24, 2.45) is 0 Å². The number of hydrogen-bond acceptors (Lipinski definition) is 3. The van der Waals surface area contributed by atoms with Crippen LogP contribution in [0.1, 0.15) is 53.1 Å². The van der Waals surface area contributed by atoms with Crippen LogP contribution >= 0.6 is 0 Å². The fourth-order valence-corrected chi connectivity index (χ4v) is 4.83. The largest absolute Gasteiger partial charge is 0.419 e. The minimum Gasteiger partial charge on any atom is -0.349 e. The second-order valence-corrected chi connectivity index (χ2v) is 9.01. The smallest absolute Gasteiger partial charge is 0.349 e. The zero-order valence-corrected chi connectivity index (χ0v) is 18.6. The lowest BCUT2D eigenvalue weighted by Gasteiger charge is -2.46. The Bertz CT molecular complexity index is 1010. The van der Waals surface area contributed by atoms with Gasteiger partial charge in [-0.05, 0) is 55.4 Å². The number of halogens is 4. The molecule has 2 amide bonds. The Morgan fingerprint density at radius 3 is 2.29 bits per heavy atom. The van der Waals surface area contributed by atoms with Crippen molar-refractivity contribution in [1.29, 1.82) is 0 Å². The molecule has 0 bridgehead atoms. The van der Waals surface area contributed by atoms with Crippen LogP contribution < -0.4 is 10.6 Å². The maximum Gasteiger partial charge on any atom is 0.419 e. The molecular formula is C25H27F4N3O2. The highest BCUT2D eigenvalue weighted by molar-refractivity contribution is 5.96. The van der Waals surface area contributed by atoms with Crippen molar-refractivity contribution in [2.45, 2.75) is 49.9 Å². The lowest BCUT2D eigenvalue weighted by atomic mass is 9.80. The second-order valence-electron chi connectivity index (χ2n) is 9.01. The highest BCUT2D eigenvalue weighted by atomic mass is 19.4. The van der Waals surface area contributed by atoms with Crippen LogP contribution in [0.25, 0.3) is 0 Å². The predicted molar refractivity (Wildman–Crippen MR) is 119 cm³/mol. The number of rotatable bonds is 6. The zero-order chi connectivity index (χ0) is 24.3. The Kier molecular flexibility index (Phi) is 7.21. The highest BCUT2D eigenvalue weighted by Crippen LogP contribution is 2.36. The van der Waals surface area contributed by atoms with E-state index in [1.807, 2.05) is 6.07 Å². The fraction of sp³-hybridized carbons (Fsp3) is 0.440. The monoisotopic (exact) mass is 477 g/mol. The Labute approximate surface area is 195 Å². The lowest BCUT2D eigenvalue weighted by Crippen LogP contribution is -2.63. The minimum absolute atomic E-state index is 0.0149. The highest BCUT2D eigenvalue weighted by Gasteiger charge is 2.36. The Morgan fingerprint density at radius 2 is 1.65 bits per heavy atom. The molecule has 1 heterocycles. The van der Waals surface area contributed by atoms with Gasteiger partial charge < -0.3 is 10.6 Å². The molecule has 182 valence electrons. The minimum atomic E-state index is -4.91. The summed E-state index contributed by atoms with van der Waals surface area (Å²) in [5.74, 6) is -2.13. The molecule has 0 radical (unpaired) electrons. The van der Waals surface area contributed by atoms with E-state index < -0.39 is 29.4 Å². The number of hydrogen-bond donors (Lipinski definition) is 2. The van der Waals surface area contributed by atoms with Crippen LogP contribution in [0.3, 0.4) is 0 Å². The van der Waals surface area contributed by atoms with Gasteiger partial charge in [0.25, 0.3) is 5.91 Å². The quantitative estimate of drug-likeness (QED) is 0.616. The van der Waals surface area contributed by atoms with Gasteiger partial charge >= 0.3 is 6.18 Å². The molecule has 4 rings (SSSR count). The molecule has 1 saturated carbocycles. The SMILES string of the molecule is O=C(CNC(=O)c1ccc(F)c(C(F)(F)F)c1)NC1CN(C2CCC(c3ccccc3)CC2)C1. The summed E-state index contributed by atoms with van der Waals surface area (Å²) in [6.07, 6.45) is -0.377. The number of alkyl halides is 3. The number of nitrogens with zero attached hydrogens (tertiary/aromatic N) is 1. The van der Waals surface area contributed by atoms with Gasteiger partial charge in [-0.25, -0.2) is 4.39 Å². The van der Waals surface area contributed by atoms with Crippen LogP contribution in [-0.2, 0) is 11.0 Å². The van der Waals surface area contributed by atoms with Crippen LogP contribution in [-0.4, -0.2) is 48.4 Å². The third kappa shape index (κ3) is 5.75. The van der Waals surface area contributed by atoms with Crippen molar-refractivity contribution in [3.8, 4) is 0 Å². The standard InChI is InChI=1S/C25H27F4N3O2/c26-22-11-8-18(12-21(22)25(27,28)29)24(34)30-13-23(33)31-19-14-32(15-19)20-9-6-17(7-10-20)16-4-2-1-3-5-16/h1-5,8,11-12,17,19-20H,6-7,9-10,13-15H2,(H,30,34)(H,31,33). The molecule has 5 nitrogen and oxygen atoms in total. The summed E-state index contributed by atoms with van der Waals surface area (Å²) in [6.45, 7) is 1.12. The Morgan fingerprint density at radius 1 is 0.971 bits per heavy atom. The molecule has 0 aromatic heterocycles. The molecule has 0 spiro atoms. The van der Waals surface area contributed by atoms with Crippen LogP contribution in [0.5, 0.6) is 0 Å². The van der Waals surface area contributed by atoms with Crippen molar-refractivity contribution in [1.82, 2.24) is 15.5 Å². The summed E-state index contributed by atoms with van der Waals surface area (Å²) >= 11 is 0. The molecule has 34 heavy (non-hydrogen) atoms. The van der Waals surface area contributed by atoms with E-state index in [0.29, 0.717) is 24.1 Å². The summed E-state index contributed by atoms with van der Waals surface area (Å²) < 4.78 is 51.8. The topological polar surface area (TPSA) is 61.4 Å². The molecule has 0 unspecified atom stereocenters. The summed E-state index contributed by atoms with van der Waals surface area (Å²) in [6, 6.07) is 13.0. The van der Waals surface area contributed by atoms with Crippen molar-refractivity contribution in [2.75, 3.05) is 19.6 Å². The first-order valence-corrected chi connectivity index (χ1v) is 11.4. The van der Waals surface area contributed by atoms with E-state index >= 15 is 0 Å². The number of benzene rings is 2. The first-order chi connectivity index (χ1) is 16.2. The number of carbonyl (C=O) groups excluding carboxylic acids is 2. The number of likely N-dealkylation sites (tertiary alicyclic amines) is 1. The first-order valence-electron chi connectivity index (χ1n) is 11.4. The Balaban J connectivity index is 1.17. The normalized spacial score (nSPS) is 21.5. The number of carbonyl (C=O) groups is 2. The van der Waals surface area contributed by atoms with Crippen LogP contribution in [0.2, 0.25) is 0 Å². The van der Waals surface area contributed by atoms with E-state index in [1.165, 1.54) is 5.56 Å². The van der Waals surface area contributed by atoms with Gasteiger partial charge in [-0.1, -0.05) is 30.3 Å². The van der Waals surface area contributed by atoms with Gasteiger partial charge in [0.1, 0.15) is 5.82 Å². The van der Waals surface area contributed by atoms with E-state index in [2.05, 4.69) is 39.8 Å². The molecule has 2 aromatic carbocycles. The van der Waals surface area contributed by atoms with Gasteiger partial charge in [-0.15, -0.1) is 0 Å². The van der Waals surface area contributed by atoms with E-state index in [4.69, 9.17) is 0 Å². The maximum absolute atomic E-state index is 13.4. The molecule has 2 aromatic rings. The molecule has 2 N–H and O–H groups in total. The summed E-state index contributed by atoms with van der Waals surface area (Å²) in [4.78, 5) is 26.6. The van der Waals surface area contributed by atoms with Crippen molar-refractivity contribution in [3.63, 3.8) is 0 Å². The molecule has 1 saturated heterocycles. The summed E-state index contributed by atoms with van der Waals surface area (Å²) in [5.41, 5.74) is -0.480. The van der Waals surface area contributed by atoms with Crippen LogP contribution in [0.15, 0.2) is 48.5 Å². The summed E-state index contributed by atoms with van der Waals surface area (Å²) in [5, 5.41) is 5.13. The van der Waals surface area contributed by atoms with Gasteiger partial charge in [-0.2, -0.15) is 13.2 Å². The fourth-order valence-electron chi connectivity index (χ4n) is 4.83. The van der Waals surface area contributed by atoms with Gasteiger partial charge in [-0.3, -0.25) is 14.5 Å². The third-order valence-electron chi connectivity index (χ3n) is 6.70. The molecule has 1 aliphatic heterocycles. The van der Waals surface area contributed by atoms with Crippen molar-refractivity contribution < 1.29 is 27.2 Å². The van der Waals surface area contributed by atoms with Crippen LogP contribution in [0.4, 0.5) is 17.6 Å². The van der Waals surface area contributed by atoms with Crippen molar-refractivity contribution in [3.05, 3.63) is 71.0 Å². The van der Waals surface area contributed by atoms with Crippen LogP contribution in [0, 0.1) is 5.82 Å². The molecular weight excluding hydrogens is 450 g/mol. The Hall–Kier alpha value is -2.94. The number of nitrogens with one attached hydrogen (secondary N) is 2. The third-order valence-corrected chi connectivity index (χ3v) is 6.70. The molecule has 2 fully saturated rings. The molecule has 9 heteroatoms. The second kappa shape index (κ2) is 10.1. The maximum atomic E-state index is 13.4. The van der Waals surface area contributed by atoms with Gasteiger partial charge in [0, 0.05) is 24.7 Å². The summed E-state index contributed by atoms with van der Waals surface area (Å²) in [7, 11) is 0. The zero-order valence-electron chi connectivity index (χ0n) is 18.6. The van der Waals surface area contributed by atoms with Gasteiger partial charge in [0.05, 0.1) is 18.2 Å². The lowest BCUT2D eigenvalue weighted by molar-refractivity contribution is -0.140. The van der Waals surface area contributed by atoms with Crippen molar-refractivity contribution >= 4 is 11.8 Å². The number of amides is 2. The molecule has 2 aliphatic rings. The average Bonchev–Trinajstić information content (AvgIpc) is 2.80.